The molecule has 1 saturated heterocycles. The Morgan fingerprint density at radius 2 is 2.04 bits per heavy atom. The first-order valence-corrected chi connectivity index (χ1v) is 9.16. The summed E-state index contributed by atoms with van der Waals surface area (Å²) >= 11 is 0. The Morgan fingerprint density at radius 1 is 1.12 bits per heavy atom. The highest BCUT2D eigenvalue weighted by Gasteiger charge is 2.23. The molecule has 0 spiro atoms. The Labute approximate surface area is 153 Å². The van der Waals surface area contributed by atoms with Crippen molar-refractivity contribution in [2.75, 3.05) is 19.8 Å². The van der Waals surface area contributed by atoms with Crippen LogP contribution in [0.3, 0.4) is 0 Å². The van der Waals surface area contributed by atoms with Crippen molar-refractivity contribution in [2.45, 2.75) is 31.4 Å². The lowest BCUT2D eigenvalue weighted by Crippen LogP contribution is -2.32. The first kappa shape index (κ1) is 16.9. The van der Waals surface area contributed by atoms with Gasteiger partial charge in [-0.15, -0.1) is 0 Å². The van der Waals surface area contributed by atoms with E-state index in [0.29, 0.717) is 24.5 Å². The van der Waals surface area contributed by atoms with Crippen molar-refractivity contribution in [1.29, 1.82) is 0 Å². The van der Waals surface area contributed by atoms with Gasteiger partial charge >= 0.3 is 0 Å². The Balaban J connectivity index is 1.41. The van der Waals surface area contributed by atoms with E-state index in [1.165, 1.54) is 0 Å². The van der Waals surface area contributed by atoms with Gasteiger partial charge in [0.1, 0.15) is 18.1 Å². The maximum absolute atomic E-state index is 12.7. The molecule has 0 saturated carbocycles. The summed E-state index contributed by atoms with van der Waals surface area (Å²) in [6, 6.07) is 15.1. The van der Waals surface area contributed by atoms with Gasteiger partial charge in [-0.3, -0.25) is 4.79 Å². The molecular formula is C21H23NO4. The smallest absolute Gasteiger partial charge is 0.251 e. The lowest BCUT2D eigenvalue weighted by atomic mass is 10.00. The van der Waals surface area contributed by atoms with E-state index in [0.717, 1.165) is 37.2 Å². The summed E-state index contributed by atoms with van der Waals surface area (Å²) in [6.07, 6.45) is 3.04. The van der Waals surface area contributed by atoms with Gasteiger partial charge in [0.2, 0.25) is 0 Å². The molecule has 1 fully saturated rings. The molecule has 2 aliphatic heterocycles. The van der Waals surface area contributed by atoms with Crippen molar-refractivity contribution in [2.24, 2.45) is 0 Å². The topological polar surface area (TPSA) is 56.8 Å². The van der Waals surface area contributed by atoms with Gasteiger partial charge in [0.15, 0.2) is 0 Å². The largest absolute Gasteiger partial charge is 0.493 e. The highest BCUT2D eigenvalue weighted by atomic mass is 16.5. The summed E-state index contributed by atoms with van der Waals surface area (Å²) in [5.41, 5.74) is 1.62. The van der Waals surface area contributed by atoms with E-state index in [4.69, 9.17) is 14.2 Å². The molecule has 2 atom stereocenters. The van der Waals surface area contributed by atoms with Crippen LogP contribution >= 0.6 is 0 Å². The van der Waals surface area contributed by atoms with Gasteiger partial charge in [-0.1, -0.05) is 24.3 Å². The lowest BCUT2D eigenvalue weighted by Gasteiger charge is -2.26. The number of ether oxygens (including phenoxy) is 3. The third-order valence-corrected chi connectivity index (χ3v) is 4.82. The van der Waals surface area contributed by atoms with Crippen molar-refractivity contribution < 1.29 is 19.0 Å². The fraction of sp³-hybridized carbons (Fsp3) is 0.381. The predicted octanol–water partition coefficient (Wildman–Crippen LogP) is 3.50. The summed E-state index contributed by atoms with van der Waals surface area (Å²) in [6.45, 7) is 1.94. The number of nitrogens with one attached hydrogen (secondary N) is 1. The molecule has 4 rings (SSSR count). The van der Waals surface area contributed by atoms with E-state index in [2.05, 4.69) is 5.32 Å². The standard InChI is InChI=1S/C21H23NO4/c23-21(22-19-10-12-25-20-9-2-1-8-18(19)20)15-5-3-6-16(13-15)26-14-17-7-4-11-24-17/h1-3,5-6,8-9,13,17,19H,4,7,10-12,14H2,(H,22,23)/t17-,19-/m0/s1. The minimum atomic E-state index is -0.103. The maximum atomic E-state index is 12.7. The average molecular weight is 353 g/mol. The highest BCUT2D eigenvalue weighted by Crippen LogP contribution is 2.31. The van der Waals surface area contributed by atoms with Crippen LogP contribution in [-0.2, 0) is 4.74 Å². The Kier molecular flexibility index (Phi) is 5.07. The van der Waals surface area contributed by atoms with Crippen molar-refractivity contribution in [3.63, 3.8) is 0 Å². The number of hydrogen-bond donors (Lipinski definition) is 1. The molecular weight excluding hydrogens is 330 g/mol. The quantitative estimate of drug-likeness (QED) is 0.894. The summed E-state index contributed by atoms with van der Waals surface area (Å²) in [7, 11) is 0. The van der Waals surface area contributed by atoms with E-state index in [1.807, 2.05) is 36.4 Å². The zero-order valence-electron chi connectivity index (χ0n) is 14.6. The monoisotopic (exact) mass is 353 g/mol. The fourth-order valence-electron chi connectivity index (χ4n) is 3.43. The summed E-state index contributed by atoms with van der Waals surface area (Å²) < 4.78 is 17.0. The molecule has 0 radical (unpaired) electrons. The molecule has 5 nitrogen and oxygen atoms in total. The summed E-state index contributed by atoms with van der Waals surface area (Å²) in [5, 5.41) is 3.12. The van der Waals surface area contributed by atoms with Crippen LogP contribution in [0.25, 0.3) is 0 Å². The third-order valence-electron chi connectivity index (χ3n) is 4.82. The first-order valence-electron chi connectivity index (χ1n) is 9.16. The second-order valence-corrected chi connectivity index (χ2v) is 6.67. The van der Waals surface area contributed by atoms with Crippen molar-refractivity contribution in [3.8, 4) is 11.5 Å². The number of amides is 1. The number of carbonyl (C=O) groups excluding carboxylic acids is 1. The van der Waals surface area contributed by atoms with Gasteiger partial charge < -0.3 is 19.5 Å². The molecule has 1 N–H and O–H groups in total. The summed E-state index contributed by atoms with van der Waals surface area (Å²) in [5.74, 6) is 1.44. The summed E-state index contributed by atoms with van der Waals surface area (Å²) in [4.78, 5) is 12.7. The van der Waals surface area contributed by atoms with E-state index < -0.39 is 0 Å². The predicted molar refractivity (Wildman–Crippen MR) is 97.7 cm³/mol. The number of para-hydroxylation sites is 1. The third kappa shape index (κ3) is 3.83. The van der Waals surface area contributed by atoms with Crippen molar-refractivity contribution in [3.05, 3.63) is 59.7 Å². The van der Waals surface area contributed by atoms with Gasteiger partial charge in [0.25, 0.3) is 5.91 Å². The van der Waals surface area contributed by atoms with E-state index in [1.54, 1.807) is 12.1 Å². The molecule has 0 aromatic heterocycles. The number of rotatable bonds is 5. The molecule has 136 valence electrons. The molecule has 0 bridgehead atoms. The van der Waals surface area contributed by atoms with Crippen molar-refractivity contribution in [1.82, 2.24) is 5.32 Å². The molecule has 2 aromatic carbocycles. The number of carbonyl (C=O) groups is 1. The highest BCUT2D eigenvalue weighted by molar-refractivity contribution is 5.94. The molecule has 2 aromatic rings. The Morgan fingerprint density at radius 3 is 2.92 bits per heavy atom. The molecule has 1 amide bonds. The zero-order valence-corrected chi connectivity index (χ0v) is 14.6. The lowest BCUT2D eigenvalue weighted by molar-refractivity contribution is 0.0679. The Bertz CT molecular complexity index is 770. The normalized spacial score (nSPS) is 21.5. The van der Waals surface area contributed by atoms with Crippen molar-refractivity contribution >= 4 is 5.91 Å². The van der Waals surface area contributed by atoms with Gasteiger partial charge in [-0.2, -0.15) is 0 Å². The van der Waals surface area contributed by atoms with Crippen LogP contribution in [0.1, 0.15) is 41.2 Å². The number of fused-ring (bicyclic) bond motifs is 1. The van der Waals surface area contributed by atoms with Crippen LogP contribution in [0.15, 0.2) is 48.5 Å². The fourth-order valence-corrected chi connectivity index (χ4v) is 3.43. The average Bonchev–Trinajstić information content (AvgIpc) is 3.20. The molecule has 26 heavy (non-hydrogen) atoms. The van der Waals surface area contributed by atoms with Crippen LogP contribution in [0, 0.1) is 0 Å². The van der Waals surface area contributed by atoms with E-state index >= 15 is 0 Å². The number of hydrogen-bond acceptors (Lipinski definition) is 4. The minimum Gasteiger partial charge on any atom is -0.493 e. The van der Waals surface area contributed by atoms with Crippen LogP contribution in [0.4, 0.5) is 0 Å². The molecule has 0 aliphatic carbocycles. The van der Waals surface area contributed by atoms with Crippen LogP contribution in [0.5, 0.6) is 11.5 Å². The van der Waals surface area contributed by atoms with Crippen LogP contribution in [0.2, 0.25) is 0 Å². The van der Waals surface area contributed by atoms with Gasteiger partial charge in [-0.25, -0.2) is 0 Å². The van der Waals surface area contributed by atoms with Gasteiger partial charge in [0.05, 0.1) is 18.8 Å². The van der Waals surface area contributed by atoms with E-state index in [-0.39, 0.29) is 18.1 Å². The second-order valence-electron chi connectivity index (χ2n) is 6.67. The van der Waals surface area contributed by atoms with Gasteiger partial charge in [0, 0.05) is 24.2 Å². The number of benzene rings is 2. The van der Waals surface area contributed by atoms with Crippen LogP contribution < -0.4 is 14.8 Å². The first-order chi connectivity index (χ1) is 12.8. The second kappa shape index (κ2) is 7.79. The maximum Gasteiger partial charge on any atom is 0.251 e. The van der Waals surface area contributed by atoms with Gasteiger partial charge in [-0.05, 0) is 37.1 Å². The molecule has 0 unspecified atom stereocenters. The zero-order chi connectivity index (χ0) is 17.8. The SMILES string of the molecule is O=C(N[C@H]1CCOc2ccccc21)c1cccc(OC[C@@H]2CCCO2)c1. The minimum absolute atomic E-state index is 0.0380. The van der Waals surface area contributed by atoms with E-state index in [9.17, 15) is 4.79 Å². The molecule has 5 heteroatoms. The Hall–Kier alpha value is -2.53. The molecule has 2 aliphatic rings. The van der Waals surface area contributed by atoms with Crippen LogP contribution in [-0.4, -0.2) is 31.8 Å². The molecule has 2 heterocycles.